The Labute approximate surface area is 62.7 Å². The van der Waals surface area contributed by atoms with Crippen molar-refractivity contribution in [3.05, 3.63) is 0 Å². The van der Waals surface area contributed by atoms with E-state index >= 15 is 0 Å². The molecule has 0 aliphatic carbocycles. The Bertz CT molecular complexity index is 124. The average Bonchev–Trinajstić information content (AvgIpc) is 2.10. The van der Waals surface area contributed by atoms with Crippen LogP contribution < -0.4 is 0 Å². The summed E-state index contributed by atoms with van der Waals surface area (Å²) in [4.78, 5) is 10.8. The quantitative estimate of drug-likeness (QED) is 0.467. The third-order valence-corrected chi connectivity index (χ3v) is 2.10. The predicted octanol–water partition coefficient (Wildman–Crippen LogP) is 1.68. The van der Waals surface area contributed by atoms with Gasteiger partial charge in [0.15, 0.2) is 5.01 Å². The molecule has 2 unspecified atom stereocenters. The molecule has 0 spiro atoms. The van der Waals surface area contributed by atoms with Gasteiger partial charge in [0, 0.05) is 6.42 Å². The fraction of sp³-hybridized carbons (Fsp3) is 0.833. The number of halogens is 1. The molecule has 0 aromatic carbocycles. The molecule has 3 heteroatoms. The number of carbonyl (C=O) groups is 1. The van der Waals surface area contributed by atoms with Crippen LogP contribution in [0.2, 0.25) is 0 Å². The first kappa shape index (κ1) is 7.06. The molecule has 1 saturated heterocycles. The monoisotopic (exact) mass is 192 g/mol. The number of rotatable bonds is 1. The molecule has 0 radical (unpaired) electrons. The molecule has 9 heavy (non-hydrogen) atoms. The highest BCUT2D eigenvalue weighted by Gasteiger charge is 2.30. The van der Waals surface area contributed by atoms with Crippen molar-refractivity contribution in [1.29, 1.82) is 0 Å². The molecule has 0 amide bonds. The Morgan fingerprint density at radius 2 is 2.56 bits per heavy atom. The summed E-state index contributed by atoms with van der Waals surface area (Å²) in [7, 11) is 0. The van der Waals surface area contributed by atoms with Crippen LogP contribution in [0.3, 0.4) is 0 Å². The summed E-state index contributed by atoms with van der Waals surface area (Å²) in [6.07, 6.45) is 1.72. The molecule has 0 saturated carbocycles. The first-order valence-electron chi connectivity index (χ1n) is 3.08. The fourth-order valence-corrected chi connectivity index (χ4v) is 1.56. The summed E-state index contributed by atoms with van der Waals surface area (Å²) in [5, 5.41) is -0.0325. The third kappa shape index (κ3) is 1.45. The number of cyclic esters (lactones) is 1. The highest BCUT2D eigenvalue weighted by Crippen LogP contribution is 2.26. The number of hydrogen-bond acceptors (Lipinski definition) is 2. The molecular formula is C6H9BrO2. The van der Waals surface area contributed by atoms with Crippen molar-refractivity contribution in [2.24, 2.45) is 5.92 Å². The second-order valence-corrected chi connectivity index (χ2v) is 3.21. The standard InChI is InChI=1S/C6H9BrO2/c1-2-4-3-5(7)9-6(4)8/h4-5H,2-3H2,1H3. The molecule has 1 rings (SSSR count). The van der Waals surface area contributed by atoms with Gasteiger partial charge in [-0.15, -0.1) is 0 Å². The topological polar surface area (TPSA) is 26.3 Å². The molecule has 1 fully saturated rings. The Morgan fingerprint density at radius 1 is 1.89 bits per heavy atom. The average molecular weight is 193 g/mol. The molecule has 1 aliphatic heterocycles. The van der Waals surface area contributed by atoms with Crippen LogP contribution in [0.15, 0.2) is 0 Å². The molecule has 0 aromatic rings. The zero-order valence-corrected chi connectivity index (χ0v) is 6.85. The van der Waals surface area contributed by atoms with E-state index in [1.807, 2.05) is 6.92 Å². The van der Waals surface area contributed by atoms with Crippen molar-refractivity contribution in [1.82, 2.24) is 0 Å². The molecule has 2 nitrogen and oxygen atoms in total. The lowest BCUT2D eigenvalue weighted by Crippen LogP contribution is -2.04. The third-order valence-electron chi connectivity index (χ3n) is 1.54. The van der Waals surface area contributed by atoms with Gasteiger partial charge in [-0.25, -0.2) is 0 Å². The van der Waals surface area contributed by atoms with Crippen molar-refractivity contribution in [3.63, 3.8) is 0 Å². The van der Waals surface area contributed by atoms with E-state index in [0.29, 0.717) is 0 Å². The van der Waals surface area contributed by atoms with Crippen LogP contribution in [0.5, 0.6) is 0 Å². The lowest BCUT2D eigenvalue weighted by molar-refractivity contribution is -0.141. The van der Waals surface area contributed by atoms with Gasteiger partial charge in [0.2, 0.25) is 0 Å². The molecule has 0 N–H and O–H groups in total. The first-order chi connectivity index (χ1) is 4.24. The van der Waals surface area contributed by atoms with Crippen LogP contribution in [0.4, 0.5) is 0 Å². The zero-order chi connectivity index (χ0) is 6.85. The molecule has 52 valence electrons. The minimum atomic E-state index is -0.0561. The summed E-state index contributed by atoms with van der Waals surface area (Å²) in [5.74, 6) is 0.0775. The molecule has 0 aromatic heterocycles. The van der Waals surface area contributed by atoms with Crippen molar-refractivity contribution >= 4 is 21.9 Å². The smallest absolute Gasteiger partial charge is 0.310 e. The molecule has 0 bridgehead atoms. The van der Waals surface area contributed by atoms with Gasteiger partial charge in [0.25, 0.3) is 0 Å². The van der Waals surface area contributed by atoms with Gasteiger partial charge < -0.3 is 4.74 Å². The van der Waals surface area contributed by atoms with E-state index in [4.69, 9.17) is 4.74 Å². The van der Waals surface area contributed by atoms with Gasteiger partial charge in [-0.3, -0.25) is 4.79 Å². The number of ether oxygens (including phenoxy) is 1. The normalized spacial score (nSPS) is 34.7. The number of esters is 1. The Kier molecular flexibility index (Phi) is 2.11. The minimum Gasteiger partial charge on any atom is -0.450 e. The summed E-state index contributed by atoms with van der Waals surface area (Å²) >= 11 is 3.22. The van der Waals surface area contributed by atoms with Gasteiger partial charge in [-0.2, -0.15) is 0 Å². The minimum absolute atomic E-state index is 0.0325. The molecular weight excluding hydrogens is 184 g/mol. The number of alkyl halides is 1. The number of carbonyl (C=O) groups excluding carboxylic acids is 1. The van der Waals surface area contributed by atoms with Crippen molar-refractivity contribution in [3.8, 4) is 0 Å². The second-order valence-electron chi connectivity index (χ2n) is 2.19. The molecule has 1 heterocycles. The first-order valence-corrected chi connectivity index (χ1v) is 4.00. The summed E-state index contributed by atoms with van der Waals surface area (Å²) in [6, 6.07) is 0. The zero-order valence-electron chi connectivity index (χ0n) is 5.26. The lowest BCUT2D eigenvalue weighted by Gasteiger charge is -1.95. The van der Waals surface area contributed by atoms with Crippen LogP contribution >= 0.6 is 15.9 Å². The van der Waals surface area contributed by atoms with Gasteiger partial charge in [-0.1, -0.05) is 6.92 Å². The van der Waals surface area contributed by atoms with Crippen LogP contribution in [0.1, 0.15) is 19.8 Å². The van der Waals surface area contributed by atoms with Crippen LogP contribution in [-0.2, 0) is 9.53 Å². The maximum absolute atomic E-state index is 10.8. The van der Waals surface area contributed by atoms with Crippen LogP contribution in [-0.4, -0.2) is 11.0 Å². The molecule has 1 aliphatic rings. The number of hydrogen-bond donors (Lipinski definition) is 0. The van der Waals surface area contributed by atoms with Crippen molar-refractivity contribution in [2.45, 2.75) is 24.8 Å². The Balaban J connectivity index is 2.48. The van der Waals surface area contributed by atoms with Gasteiger partial charge >= 0.3 is 5.97 Å². The maximum Gasteiger partial charge on any atom is 0.310 e. The van der Waals surface area contributed by atoms with E-state index < -0.39 is 0 Å². The van der Waals surface area contributed by atoms with E-state index in [1.165, 1.54) is 0 Å². The largest absolute Gasteiger partial charge is 0.450 e. The summed E-state index contributed by atoms with van der Waals surface area (Å²) in [5.41, 5.74) is 0. The van der Waals surface area contributed by atoms with Crippen LogP contribution in [0.25, 0.3) is 0 Å². The Morgan fingerprint density at radius 3 is 2.78 bits per heavy atom. The molecule has 2 atom stereocenters. The van der Waals surface area contributed by atoms with Gasteiger partial charge in [0.1, 0.15) is 0 Å². The predicted molar refractivity (Wildman–Crippen MR) is 37.2 cm³/mol. The summed E-state index contributed by atoms with van der Waals surface area (Å²) in [6.45, 7) is 2.00. The van der Waals surface area contributed by atoms with Gasteiger partial charge in [-0.05, 0) is 22.4 Å². The van der Waals surface area contributed by atoms with E-state index in [-0.39, 0.29) is 16.9 Å². The van der Waals surface area contributed by atoms with Crippen molar-refractivity contribution < 1.29 is 9.53 Å². The fourth-order valence-electron chi connectivity index (χ4n) is 0.924. The van der Waals surface area contributed by atoms with Crippen LogP contribution in [0, 0.1) is 5.92 Å². The maximum atomic E-state index is 10.8. The highest BCUT2D eigenvalue weighted by molar-refractivity contribution is 9.09. The van der Waals surface area contributed by atoms with Crippen molar-refractivity contribution in [2.75, 3.05) is 0 Å². The second kappa shape index (κ2) is 2.69. The van der Waals surface area contributed by atoms with E-state index in [2.05, 4.69) is 15.9 Å². The Hall–Kier alpha value is -0.0500. The van der Waals surface area contributed by atoms with Gasteiger partial charge in [0.05, 0.1) is 5.92 Å². The highest BCUT2D eigenvalue weighted by atomic mass is 79.9. The lowest BCUT2D eigenvalue weighted by atomic mass is 10.1. The van der Waals surface area contributed by atoms with E-state index in [9.17, 15) is 4.79 Å². The van der Waals surface area contributed by atoms with E-state index in [0.717, 1.165) is 12.8 Å². The van der Waals surface area contributed by atoms with E-state index in [1.54, 1.807) is 0 Å². The summed E-state index contributed by atoms with van der Waals surface area (Å²) < 4.78 is 4.84. The SMILES string of the molecule is CCC1CC(Br)OC1=O.